The van der Waals surface area contributed by atoms with E-state index in [1.807, 2.05) is 24.3 Å². The molecule has 7 heteroatoms. The van der Waals surface area contributed by atoms with Gasteiger partial charge in [0.1, 0.15) is 5.58 Å². The Bertz CT molecular complexity index is 1010. The molecule has 0 radical (unpaired) electrons. The first-order valence-corrected chi connectivity index (χ1v) is 7.95. The molecule has 1 amide bonds. The summed E-state index contributed by atoms with van der Waals surface area (Å²) in [4.78, 5) is 16.6. The van der Waals surface area contributed by atoms with Gasteiger partial charge in [0.15, 0.2) is 11.6 Å². The summed E-state index contributed by atoms with van der Waals surface area (Å²) >= 11 is 3.41. The number of nitrogens with zero attached hydrogens (tertiary/aromatic N) is 3. The maximum Gasteiger partial charge on any atom is 0.291 e. The van der Waals surface area contributed by atoms with Crippen LogP contribution < -0.4 is 5.32 Å². The second kappa shape index (κ2) is 5.93. The largest absolute Gasteiger partial charge is 0.450 e. The molecule has 0 saturated heterocycles. The predicted octanol–water partition coefficient (Wildman–Crippen LogP) is 4.03. The van der Waals surface area contributed by atoms with Gasteiger partial charge in [0.05, 0.1) is 16.4 Å². The molecule has 4 aromatic rings. The number of hydrogen-bond donors (Lipinski definition) is 1. The number of para-hydroxylation sites is 1. The van der Waals surface area contributed by atoms with Gasteiger partial charge in [-0.05, 0) is 46.3 Å². The highest BCUT2D eigenvalue weighted by Gasteiger charge is 2.14. The number of nitrogens with one attached hydrogen (secondary N) is 1. The number of halogens is 1. The van der Waals surface area contributed by atoms with Gasteiger partial charge in [0.25, 0.3) is 5.91 Å². The lowest BCUT2D eigenvalue weighted by Crippen LogP contribution is -2.11. The predicted molar refractivity (Wildman–Crippen MR) is 93.2 cm³/mol. The van der Waals surface area contributed by atoms with Crippen molar-refractivity contribution in [3.05, 3.63) is 71.3 Å². The van der Waals surface area contributed by atoms with E-state index in [0.717, 1.165) is 9.86 Å². The number of carbonyl (C=O) groups excluding carboxylic acids is 1. The van der Waals surface area contributed by atoms with Gasteiger partial charge in [-0.2, -0.15) is 5.10 Å². The quantitative estimate of drug-likeness (QED) is 0.580. The molecular formula is C17H11BrN4O2. The van der Waals surface area contributed by atoms with E-state index >= 15 is 0 Å². The van der Waals surface area contributed by atoms with Crippen LogP contribution in [0.3, 0.4) is 0 Å². The molecule has 0 unspecified atom stereocenters. The van der Waals surface area contributed by atoms with Crippen LogP contribution in [-0.4, -0.2) is 20.7 Å². The fraction of sp³-hybridized carbons (Fsp3) is 0. The lowest BCUT2D eigenvalue weighted by atomic mass is 10.2. The van der Waals surface area contributed by atoms with Crippen LogP contribution in [0, 0.1) is 0 Å². The highest BCUT2D eigenvalue weighted by molar-refractivity contribution is 9.10. The number of benzene rings is 1. The first-order valence-electron chi connectivity index (χ1n) is 7.16. The zero-order valence-corrected chi connectivity index (χ0v) is 13.9. The van der Waals surface area contributed by atoms with Gasteiger partial charge in [-0.3, -0.25) is 4.79 Å². The third kappa shape index (κ3) is 2.69. The summed E-state index contributed by atoms with van der Waals surface area (Å²) in [5, 5.41) is 7.74. The Labute approximate surface area is 145 Å². The number of rotatable bonds is 3. The summed E-state index contributed by atoms with van der Waals surface area (Å²) in [6.45, 7) is 0. The summed E-state index contributed by atoms with van der Waals surface area (Å²) in [7, 11) is 0. The molecule has 0 bridgehead atoms. The number of furan rings is 1. The minimum absolute atomic E-state index is 0.244. The summed E-state index contributed by atoms with van der Waals surface area (Å²) in [5.74, 6) is 0.588. The highest BCUT2D eigenvalue weighted by atomic mass is 79.9. The molecule has 4 rings (SSSR count). The number of hydrogen-bond acceptors (Lipinski definition) is 4. The molecule has 1 N–H and O–H groups in total. The third-order valence-electron chi connectivity index (χ3n) is 3.46. The van der Waals surface area contributed by atoms with Crippen molar-refractivity contribution >= 4 is 38.5 Å². The van der Waals surface area contributed by atoms with Gasteiger partial charge >= 0.3 is 0 Å². The standard InChI is InChI=1S/C17H11BrN4O2/c18-13-4-1-3-11-9-14(24-16(11)13)17(23)21-12-5-6-15(19-10-12)22-8-2-7-20-22/h1-10H,(H,21,23). The molecule has 118 valence electrons. The Balaban J connectivity index is 1.55. The average Bonchev–Trinajstić information content (AvgIpc) is 3.26. The topological polar surface area (TPSA) is 73.0 Å². The van der Waals surface area contributed by atoms with Crippen molar-refractivity contribution in [2.75, 3.05) is 5.32 Å². The Kier molecular flexibility index (Phi) is 3.62. The molecule has 3 heterocycles. The lowest BCUT2D eigenvalue weighted by molar-refractivity contribution is 0.0998. The summed E-state index contributed by atoms with van der Waals surface area (Å²) in [5.41, 5.74) is 1.23. The Morgan fingerprint density at radius 2 is 2.12 bits per heavy atom. The van der Waals surface area contributed by atoms with E-state index in [1.165, 1.54) is 0 Å². The molecule has 0 aliphatic carbocycles. The Morgan fingerprint density at radius 3 is 2.83 bits per heavy atom. The molecule has 6 nitrogen and oxygen atoms in total. The van der Waals surface area contributed by atoms with Crippen LogP contribution in [0.5, 0.6) is 0 Å². The lowest BCUT2D eigenvalue weighted by Gasteiger charge is -2.04. The van der Waals surface area contributed by atoms with Crippen LogP contribution in [0.1, 0.15) is 10.6 Å². The van der Waals surface area contributed by atoms with Gasteiger partial charge in [0.2, 0.25) is 0 Å². The number of amides is 1. The molecule has 0 saturated carbocycles. The van der Waals surface area contributed by atoms with E-state index < -0.39 is 0 Å². The van der Waals surface area contributed by atoms with Crippen LogP contribution >= 0.6 is 15.9 Å². The van der Waals surface area contributed by atoms with Gasteiger partial charge in [-0.1, -0.05) is 12.1 Å². The first-order chi connectivity index (χ1) is 11.7. The van der Waals surface area contributed by atoms with E-state index in [-0.39, 0.29) is 11.7 Å². The van der Waals surface area contributed by atoms with Gasteiger partial charge in [-0.15, -0.1) is 0 Å². The molecule has 24 heavy (non-hydrogen) atoms. The van der Waals surface area contributed by atoms with Crippen LogP contribution in [0.15, 0.2) is 69.9 Å². The van der Waals surface area contributed by atoms with Crippen LogP contribution in [0.4, 0.5) is 5.69 Å². The van der Waals surface area contributed by atoms with E-state index in [1.54, 1.807) is 41.5 Å². The minimum Gasteiger partial charge on any atom is -0.450 e. The average molecular weight is 383 g/mol. The smallest absolute Gasteiger partial charge is 0.291 e. The van der Waals surface area contributed by atoms with Crippen molar-refractivity contribution < 1.29 is 9.21 Å². The van der Waals surface area contributed by atoms with Crippen molar-refractivity contribution in [3.8, 4) is 5.82 Å². The molecule has 1 aromatic carbocycles. The van der Waals surface area contributed by atoms with E-state index in [4.69, 9.17) is 4.42 Å². The number of fused-ring (bicyclic) bond motifs is 1. The fourth-order valence-corrected chi connectivity index (χ4v) is 2.79. The number of anilines is 1. The number of carbonyl (C=O) groups is 1. The zero-order valence-electron chi connectivity index (χ0n) is 12.3. The molecule has 0 aliphatic rings. The molecule has 3 aromatic heterocycles. The highest BCUT2D eigenvalue weighted by Crippen LogP contribution is 2.27. The second-order valence-corrected chi connectivity index (χ2v) is 5.93. The van der Waals surface area contributed by atoms with E-state index in [2.05, 4.69) is 31.3 Å². The van der Waals surface area contributed by atoms with E-state index in [0.29, 0.717) is 17.1 Å². The Hall–Kier alpha value is -2.93. The summed E-state index contributed by atoms with van der Waals surface area (Å²) in [6, 6.07) is 12.7. The second-order valence-electron chi connectivity index (χ2n) is 5.08. The van der Waals surface area contributed by atoms with Crippen molar-refractivity contribution in [1.29, 1.82) is 0 Å². The van der Waals surface area contributed by atoms with Crippen molar-refractivity contribution in [1.82, 2.24) is 14.8 Å². The van der Waals surface area contributed by atoms with Crippen LogP contribution in [0.2, 0.25) is 0 Å². The summed E-state index contributed by atoms with van der Waals surface area (Å²) in [6.07, 6.45) is 5.05. The maximum absolute atomic E-state index is 12.3. The molecule has 0 aliphatic heterocycles. The normalized spacial score (nSPS) is 10.9. The van der Waals surface area contributed by atoms with Crippen LogP contribution in [0.25, 0.3) is 16.8 Å². The van der Waals surface area contributed by atoms with E-state index in [9.17, 15) is 4.79 Å². The maximum atomic E-state index is 12.3. The first kappa shape index (κ1) is 14.6. The van der Waals surface area contributed by atoms with Gasteiger partial charge < -0.3 is 9.73 Å². The molecule has 0 fully saturated rings. The molecule has 0 atom stereocenters. The SMILES string of the molecule is O=C(Nc1ccc(-n2cccn2)nc1)c1cc2cccc(Br)c2o1. The Morgan fingerprint density at radius 1 is 1.21 bits per heavy atom. The van der Waals surface area contributed by atoms with Gasteiger partial charge in [-0.25, -0.2) is 9.67 Å². The molecule has 0 spiro atoms. The molecular weight excluding hydrogens is 372 g/mol. The van der Waals surface area contributed by atoms with Crippen molar-refractivity contribution in [2.24, 2.45) is 0 Å². The monoisotopic (exact) mass is 382 g/mol. The van der Waals surface area contributed by atoms with Crippen LogP contribution in [-0.2, 0) is 0 Å². The van der Waals surface area contributed by atoms with Crippen molar-refractivity contribution in [3.63, 3.8) is 0 Å². The number of pyridine rings is 1. The van der Waals surface area contributed by atoms with Crippen molar-refractivity contribution in [2.45, 2.75) is 0 Å². The fourth-order valence-electron chi connectivity index (χ4n) is 2.33. The third-order valence-corrected chi connectivity index (χ3v) is 4.09. The van der Waals surface area contributed by atoms with Gasteiger partial charge in [0, 0.05) is 17.8 Å². The number of aromatic nitrogens is 3. The zero-order chi connectivity index (χ0) is 16.5. The summed E-state index contributed by atoms with van der Waals surface area (Å²) < 4.78 is 8.07. The minimum atomic E-state index is -0.327.